The summed E-state index contributed by atoms with van der Waals surface area (Å²) in [5.41, 5.74) is 1.84. The molecule has 3 nitrogen and oxygen atoms in total. The van der Waals surface area contributed by atoms with Crippen molar-refractivity contribution in [3.05, 3.63) is 52.8 Å². The monoisotopic (exact) mass is 236 g/mol. The fraction of sp³-hybridized carbons (Fsp3) is 0.250. The second-order valence-electron chi connectivity index (χ2n) is 3.80. The molecular formula is C12H13ClN2O. The zero-order valence-electron chi connectivity index (χ0n) is 8.97. The number of aliphatic hydroxyl groups is 1. The predicted molar refractivity (Wildman–Crippen MR) is 63.3 cm³/mol. The zero-order chi connectivity index (χ0) is 11.5. The average Bonchev–Trinajstić information content (AvgIpc) is 2.65. The smallest absolute Gasteiger partial charge is 0.0860 e. The van der Waals surface area contributed by atoms with Crippen LogP contribution in [-0.4, -0.2) is 14.9 Å². The van der Waals surface area contributed by atoms with Gasteiger partial charge < -0.3 is 5.11 Å². The van der Waals surface area contributed by atoms with Gasteiger partial charge in [0.15, 0.2) is 0 Å². The van der Waals surface area contributed by atoms with E-state index in [1.807, 2.05) is 37.5 Å². The van der Waals surface area contributed by atoms with Crippen LogP contribution in [0, 0.1) is 0 Å². The van der Waals surface area contributed by atoms with Gasteiger partial charge in [0.1, 0.15) is 0 Å². The molecule has 0 fully saturated rings. The summed E-state index contributed by atoms with van der Waals surface area (Å²) >= 11 is 5.88. The van der Waals surface area contributed by atoms with Gasteiger partial charge >= 0.3 is 0 Å². The molecular weight excluding hydrogens is 224 g/mol. The van der Waals surface area contributed by atoms with Crippen molar-refractivity contribution in [1.82, 2.24) is 9.78 Å². The first-order valence-corrected chi connectivity index (χ1v) is 5.44. The van der Waals surface area contributed by atoms with Gasteiger partial charge in [-0.05, 0) is 17.7 Å². The molecule has 16 heavy (non-hydrogen) atoms. The van der Waals surface area contributed by atoms with Crippen LogP contribution in [0.3, 0.4) is 0 Å². The summed E-state index contributed by atoms with van der Waals surface area (Å²) in [5.74, 6) is 0. The molecule has 0 aliphatic rings. The fourth-order valence-electron chi connectivity index (χ4n) is 1.62. The van der Waals surface area contributed by atoms with E-state index < -0.39 is 6.10 Å². The van der Waals surface area contributed by atoms with E-state index in [4.69, 9.17) is 11.6 Å². The van der Waals surface area contributed by atoms with E-state index in [0.29, 0.717) is 11.4 Å². The molecule has 2 aromatic rings. The van der Waals surface area contributed by atoms with Crippen molar-refractivity contribution in [3.63, 3.8) is 0 Å². The first-order chi connectivity index (χ1) is 7.65. The maximum Gasteiger partial charge on any atom is 0.0860 e. The quantitative estimate of drug-likeness (QED) is 0.889. The number of aromatic nitrogens is 2. The van der Waals surface area contributed by atoms with Crippen molar-refractivity contribution in [3.8, 4) is 0 Å². The second-order valence-corrected chi connectivity index (χ2v) is 4.23. The van der Waals surface area contributed by atoms with Gasteiger partial charge in [-0.3, -0.25) is 4.68 Å². The summed E-state index contributed by atoms with van der Waals surface area (Å²) in [6.07, 6.45) is 3.50. The number of hydrogen-bond donors (Lipinski definition) is 1. The summed E-state index contributed by atoms with van der Waals surface area (Å²) in [7, 11) is 1.83. The van der Waals surface area contributed by atoms with Gasteiger partial charge in [0.2, 0.25) is 0 Å². The highest BCUT2D eigenvalue weighted by atomic mass is 35.5. The summed E-state index contributed by atoms with van der Waals surface area (Å²) in [5, 5.41) is 14.7. The van der Waals surface area contributed by atoms with Crippen LogP contribution in [0.5, 0.6) is 0 Å². The number of rotatable bonds is 3. The first-order valence-electron chi connectivity index (χ1n) is 5.06. The van der Waals surface area contributed by atoms with E-state index in [0.717, 1.165) is 11.1 Å². The van der Waals surface area contributed by atoms with Crippen molar-refractivity contribution < 1.29 is 5.11 Å². The van der Waals surface area contributed by atoms with Crippen molar-refractivity contribution >= 4 is 11.6 Å². The Morgan fingerprint density at radius 2 is 2.31 bits per heavy atom. The van der Waals surface area contributed by atoms with E-state index in [1.54, 1.807) is 10.9 Å². The van der Waals surface area contributed by atoms with E-state index in [2.05, 4.69) is 5.10 Å². The largest absolute Gasteiger partial charge is 0.388 e. The molecule has 1 N–H and O–H groups in total. The number of halogens is 1. The van der Waals surface area contributed by atoms with Gasteiger partial charge in [-0.2, -0.15) is 5.10 Å². The molecule has 1 atom stereocenters. The Labute approximate surface area is 99.3 Å². The molecule has 0 aliphatic carbocycles. The van der Waals surface area contributed by atoms with E-state index in [1.165, 1.54) is 0 Å². The maximum atomic E-state index is 9.98. The number of aryl methyl sites for hydroxylation is 1. The van der Waals surface area contributed by atoms with Crippen molar-refractivity contribution in [2.24, 2.45) is 7.05 Å². The molecule has 0 aliphatic heterocycles. The Morgan fingerprint density at radius 1 is 1.50 bits per heavy atom. The molecule has 0 saturated carbocycles. The van der Waals surface area contributed by atoms with Crippen LogP contribution in [0.1, 0.15) is 17.2 Å². The summed E-state index contributed by atoms with van der Waals surface area (Å²) in [6, 6.07) is 7.52. The Kier molecular flexibility index (Phi) is 3.27. The molecule has 0 amide bonds. The SMILES string of the molecule is Cn1cc(C(O)Cc2cccc(Cl)c2)cn1. The van der Waals surface area contributed by atoms with Crippen LogP contribution in [-0.2, 0) is 13.5 Å². The molecule has 84 valence electrons. The number of aliphatic hydroxyl groups excluding tert-OH is 1. The van der Waals surface area contributed by atoms with Crippen LogP contribution < -0.4 is 0 Å². The summed E-state index contributed by atoms with van der Waals surface area (Å²) in [6.45, 7) is 0. The Balaban J connectivity index is 2.10. The molecule has 0 radical (unpaired) electrons. The molecule has 1 aromatic heterocycles. The number of benzene rings is 1. The number of nitrogens with zero attached hydrogens (tertiary/aromatic N) is 2. The minimum atomic E-state index is -0.535. The topological polar surface area (TPSA) is 38.0 Å². The average molecular weight is 237 g/mol. The highest BCUT2D eigenvalue weighted by molar-refractivity contribution is 6.30. The summed E-state index contributed by atoms with van der Waals surface area (Å²) in [4.78, 5) is 0. The van der Waals surface area contributed by atoms with E-state index in [-0.39, 0.29) is 0 Å². The molecule has 4 heteroatoms. The van der Waals surface area contributed by atoms with Crippen molar-refractivity contribution in [2.45, 2.75) is 12.5 Å². The molecule has 1 aromatic carbocycles. The maximum absolute atomic E-state index is 9.98. The summed E-state index contributed by atoms with van der Waals surface area (Å²) < 4.78 is 1.68. The minimum absolute atomic E-state index is 0.535. The zero-order valence-corrected chi connectivity index (χ0v) is 9.72. The van der Waals surface area contributed by atoms with Gasteiger partial charge in [0, 0.05) is 30.3 Å². The lowest BCUT2D eigenvalue weighted by Crippen LogP contribution is -2.00. The van der Waals surface area contributed by atoms with Crippen molar-refractivity contribution in [1.29, 1.82) is 0 Å². The third kappa shape index (κ3) is 2.62. The van der Waals surface area contributed by atoms with Crippen LogP contribution in [0.25, 0.3) is 0 Å². The fourth-order valence-corrected chi connectivity index (χ4v) is 1.83. The highest BCUT2D eigenvalue weighted by Crippen LogP contribution is 2.19. The molecule has 0 bridgehead atoms. The van der Waals surface area contributed by atoms with Crippen molar-refractivity contribution in [2.75, 3.05) is 0 Å². The Hall–Kier alpha value is -1.32. The lowest BCUT2D eigenvalue weighted by molar-refractivity contribution is 0.178. The van der Waals surface area contributed by atoms with Crippen LogP contribution in [0.2, 0.25) is 5.02 Å². The van der Waals surface area contributed by atoms with Crippen LogP contribution in [0.15, 0.2) is 36.7 Å². The van der Waals surface area contributed by atoms with Gasteiger partial charge in [0.05, 0.1) is 12.3 Å². The predicted octanol–water partition coefficient (Wildman–Crippen LogP) is 2.35. The lowest BCUT2D eigenvalue weighted by atomic mass is 10.0. The lowest BCUT2D eigenvalue weighted by Gasteiger charge is -2.08. The molecule has 2 rings (SSSR count). The Morgan fingerprint density at radius 3 is 2.94 bits per heavy atom. The third-order valence-corrected chi connectivity index (χ3v) is 2.66. The van der Waals surface area contributed by atoms with Crippen LogP contribution in [0.4, 0.5) is 0 Å². The Bertz CT molecular complexity index is 481. The van der Waals surface area contributed by atoms with E-state index in [9.17, 15) is 5.11 Å². The first kappa shape index (κ1) is 11.2. The number of hydrogen-bond acceptors (Lipinski definition) is 2. The van der Waals surface area contributed by atoms with Gasteiger partial charge in [-0.1, -0.05) is 23.7 Å². The molecule has 0 saturated heterocycles. The van der Waals surface area contributed by atoms with E-state index >= 15 is 0 Å². The molecule has 1 heterocycles. The van der Waals surface area contributed by atoms with Gasteiger partial charge in [0.25, 0.3) is 0 Å². The molecule has 1 unspecified atom stereocenters. The minimum Gasteiger partial charge on any atom is -0.388 e. The second kappa shape index (κ2) is 4.68. The van der Waals surface area contributed by atoms with Gasteiger partial charge in [-0.25, -0.2) is 0 Å². The normalized spacial score (nSPS) is 12.7. The highest BCUT2D eigenvalue weighted by Gasteiger charge is 2.10. The third-order valence-electron chi connectivity index (χ3n) is 2.43. The molecule has 0 spiro atoms. The standard InChI is InChI=1S/C12H13ClN2O/c1-15-8-10(7-14-15)12(16)6-9-3-2-4-11(13)5-9/h2-5,7-8,12,16H,6H2,1H3. The van der Waals surface area contributed by atoms with Gasteiger partial charge in [-0.15, -0.1) is 0 Å². The van der Waals surface area contributed by atoms with Crippen LogP contribution >= 0.6 is 11.6 Å².